The van der Waals surface area contributed by atoms with Crippen molar-refractivity contribution in [2.75, 3.05) is 0 Å². The van der Waals surface area contributed by atoms with Crippen LogP contribution in [0.4, 0.5) is 0 Å². The van der Waals surface area contributed by atoms with Gasteiger partial charge in [0.25, 0.3) is 0 Å². The predicted octanol–water partition coefficient (Wildman–Crippen LogP) is 12.7. The monoisotopic (exact) mass is 674 g/mol. The van der Waals surface area contributed by atoms with Gasteiger partial charge in [-0.05, 0) is 102 Å². The van der Waals surface area contributed by atoms with Gasteiger partial charge in [-0.2, -0.15) is 0 Å². The van der Waals surface area contributed by atoms with Crippen LogP contribution in [-0.4, -0.2) is 10.7 Å². The molecule has 10 rings (SSSR count). The summed E-state index contributed by atoms with van der Waals surface area (Å²) in [6.07, 6.45) is 5.19. The third kappa shape index (κ3) is 4.59. The molecule has 53 heavy (non-hydrogen) atoms. The Morgan fingerprint density at radius 1 is 0.491 bits per heavy atom. The Balaban J connectivity index is 1.10. The molecule has 2 aliphatic rings. The summed E-state index contributed by atoms with van der Waals surface area (Å²) < 4.78 is 0. The third-order valence-corrected chi connectivity index (χ3v) is 11.1. The van der Waals surface area contributed by atoms with E-state index >= 15 is 0 Å². The van der Waals surface area contributed by atoms with Crippen molar-refractivity contribution in [3.63, 3.8) is 0 Å². The summed E-state index contributed by atoms with van der Waals surface area (Å²) in [4.78, 5) is 4.90. The molecule has 1 heterocycles. The zero-order valence-corrected chi connectivity index (χ0v) is 29.1. The first kappa shape index (κ1) is 30.9. The maximum atomic E-state index is 8.64. The second-order valence-electron chi connectivity index (χ2n) is 13.9. The molecule has 8 aromatic rings. The molecule has 0 unspecified atom stereocenters. The highest BCUT2D eigenvalue weighted by Crippen LogP contribution is 2.63. The van der Waals surface area contributed by atoms with E-state index in [2.05, 4.69) is 164 Å². The van der Waals surface area contributed by atoms with Crippen LogP contribution in [0.2, 0.25) is 0 Å². The van der Waals surface area contributed by atoms with E-state index in [4.69, 9.17) is 10.4 Å². The van der Waals surface area contributed by atoms with Crippen LogP contribution in [0.3, 0.4) is 0 Å². The van der Waals surface area contributed by atoms with Crippen LogP contribution in [-0.2, 0) is 5.41 Å². The minimum absolute atomic E-state index is 0.353. The summed E-state index contributed by atoms with van der Waals surface area (Å²) >= 11 is 0. The first-order valence-corrected chi connectivity index (χ1v) is 18.1. The largest absolute Gasteiger partial charge is 0.299 e. The van der Waals surface area contributed by atoms with Crippen molar-refractivity contribution < 1.29 is 0 Å². The van der Waals surface area contributed by atoms with Crippen LogP contribution in [0.25, 0.3) is 66.5 Å². The van der Waals surface area contributed by atoms with E-state index in [1.807, 2.05) is 12.1 Å². The van der Waals surface area contributed by atoms with Crippen molar-refractivity contribution in [2.45, 2.75) is 5.41 Å². The Labute approximate surface area is 309 Å². The summed E-state index contributed by atoms with van der Waals surface area (Å²) in [7, 11) is 0. The fraction of sp³-hybridized carbons (Fsp3) is 0.0196. The minimum Gasteiger partial charge on any atom is -0.299 e. The quantitative estimate of drug-likeness (QED) is 0.138. The van der Waals surface area contributed by atoms with Gasteiger partial charge >= 0.3 is 0 Å². The lowest BCUT2D eigenvalue weighted by Gasteiger charge is -2.30. The molecule has 1 spiro atoms. The molecule has 2 aliphatic carbocycles. The molecular formula is C51H34N2. The first-order chi connectivity index (χ1) is 26.2. The maximum absolute atomic E-state index is 8.64. The van der Waals surface area contributed by atoms with Gasteiger partial charge in [0.15, 0.2) is 0 Å². The van der Waals surface area contributed by atoms with Crippen molar-refractivity contribution in [2.24, 2.45) is 0 Å². The Bertz CT molecular complexity index is 2760. The van der Waals surface area contributed by atoms with Crippen LogP contribution in [0.5, 0.6) is 0 Å². The fourth-order valence-electron chi connectivity index (χ4n) is 8.88. The van der Waals surface area contributed by atoms with Gasteiger partial charge in [-0.15, -0.1) is 0 Å². The number of nitrogens with zero attached hydrogens (tertiary/aromatic N) is 1. The van der Waals surface area contributed by atoms with Crippen molar-refractivity contribution in [1.82, 2.24) is 4.98 Å². The van der Waals surface area contributed by atoms with E-state index < -0.39 is 0 Å². The number of benzene rings is 7. The molecule has 0 aliphatic heterocycles. The average molecular weight is 675 g/mol. The average Bonchev–Trinajstić information content (AvgIpc) is 3.70. The second-order valence-corrected chi connectivity index (χ2v) is 13.9. The van der Waals surface area contributed by atoms with E-state index in [-0.39, 0.29) is 5.41 Å². The van der Waals surface area contributed by atoms with E-state index in [9.17, 15) is 0 Å². The Morgan fingerprint density at radius 3 is 1.74 bits per heavy atom. The topological polar surface area (TPSA) is 36.7 Å². The van der Waals surface area contributed by atoms with Crippen molar-refractivity contribution in [3.8, 4) is 55.6 Å². The highest BCUT2D eigenvalue weighted by Gasteiger charge is 2.51. The van der Waals surface area contributed by atoms with E-state index in [1.54, 1.807) is 18.2 Å². The molecule has 0 amide bonds. The Morgan fingerprint density at radius 2 is 1.04 bits per heavy atom. The van der Waals surface area contributed by atoms with Gasteiger partial charge in [0, 0.05) is 5.39 Å². The zero-order chi connectivity index (χ0) is 35.5. The van der Waals surface area contributed by atoms with Gasteiger partial charge in [0.2, 0.25) is 0 Å². The number of nitrogens with one attached hydrogen (secondary N) is 1. The molecule has 0 bridgehead atoms. The number of pyridine rings is 1. The van der Waals surface area contributed by atoms with Crippen molar-refractivity contribution in [3.05, 3.63) is 223 Å². The number of rotatable bonds is 6. The lowest BCUT2D eigenvalue weighted by molar-refractivity contribution is 0.794. The van der Waals surface area contributed by atoms with Gasteiger partial charge < -0.3 is 0 Å². The molecule has 2 heteroatoms. The molecule has 0 atom stereocenters. The van der Waals surface area contributed by atoms with Crippen LogP contribution in [0.15, 0.2) is 195 Å². The van der Waals surface area contributed by atoms with Crippen molar-refractivity contribution >= 4 is 16.6 Å². The van der Waals surface area contributed by atoms with Gasteiger partial charge in [-0.1, -0.05) is 170 Å². The first-order valence-electron chi connectivity index (χ1n) is 18.1. The molecular weight excluding hydrogens is 641 g/mol. The molecule has 0 fully saturated rings. The third-order valence-electron chi connectivity index (χ3n) is 11.1. The van der Waals surface area contributed by atoms with Crippen LogP contribution in [0, 0.1) is 5.41 Å². The molecule has 0 saturated carbocycles. The standard InChI is InChI=1S/C51H34N2/c1-2-3-24-47(52)49-32-41(34-14-5-4-6-15-34)42-31-36(29-30-48(42)53-49)33-25-27-35(28-26-33)37-19-13-23-46-50(37)40-18-9-12-22-45(40)51(46)43-20-10-7-16-38(43)39-17-8-11-21-44(39)51/h2-32,52H,1H2/b24-3-,52-47?. The van der Waals surface area contributed by atoms with Gasteiger partial charge in [0.05, 0.1) is 22.3 Å². The Kier molecular flexibility index (Phi) is 7.06. The lowest BCUT2D eigenvalue weighted by atomic mass is 9.70. The summed E-state index contributed by atoms with van der Waals surface area (Å²) in [5.41, 5.74) is 19.0. The number of fused-ring (bicyclic) bond motifs is 11. The smallest absolute Gasteiger partial charge is 0.0892 e. The number of hydrogen-bond donors (Lipinski definition) is 1. The molecule has 1 aromatic heterocycles. The second kappa shape index (κ2) is 12.1. The molecule has 0 saturated heterocycles. The van der Waals surface area contributed by atoms with Gasteiger partial charge in [-0.3, -0.25) is 5.41 Å². The minimum atomic E-state index is -0.356. The fourth-order valence-corrected chi connectivity index (χ4v) is 8.88. The molecule has 1 N–H and O–H groups in total. The lowest BCUT2D eigenvalue weighted by Crippen LogP contribution is -2.25. The normalized spacial score (nSPS) is 13.1. The van der Waals surface area contributed by atoms with Crippen molar-refractivity contribution in [1.29, 1.82) is 5.41 Å². The number of allylic oxidation sites excluding steroid dienone is 3. The summed E-state index contributed by atoms with van der Waals surface area (Å²) in [6.45, 7) is 3.75. The van der Waals surface area contributed by atoms with Gasteiger partial charge in [-0.25, -0.2) is 4.98 Å². The van der Waals surface area contributed by atoms with Crippen LogP contribution in [0.1, 0.15) is 27.9 Å². The number of hydrogen-bond acceptors (Lipinski definition) is 2. The molecule has 0 radical (unpaired) electrons. The number of aromatic nitrogens is 1. The molecule has 2 nitrogen and oxygen atoms in total. The predicted molar refractivity (Wildman–Crippen MR) is 221 cm³/mol. The molecule has 248 valence electrons. The Hall–Kier alpha value is -6.90. The van der Waals surface area contributed by atoms with E-state index in [1.165, 1.54) is 55.6 Å². The van der Waals surface area contributed by atoms with Crippen LogP contribution >= 0.6 is 0 Å². The highest BCUT2D eigenvalue weighted by molar-refractivity contribution is 6.09. The summed E-state index contributed by atoms with van der Waals surface area (Å²) in [5, 5.41) is 9.69. The molecule has 7 aromatic carbocycles. The maximum Gasteiger partial charge on any atom is 0.0892 e. The SMILES string of the molecule is C=C/C=C\C(=N)c1cc(-c2ccccc2)c2cc(-c3ccc(-c4cccc5c4-c4ccccc4C54c5ccccc5-c5ccccc54)cc3)ccc2n1. The zero-order valence-electron chi connectivity index (χ0n) is 29.1. The van der Waals surface area contributed by atoms with Crippen LogP contribution < -0.4 is 0 Å². The van der Waals surface area contributed by atoms with E-state index in [0.29, 0.717) is 11.4 Å². The van der Waals surface area contributed by atoms with Gasteiger partial charge in [0.1, 0.15) is 0 Å². The van der Waals surface area contributed by atoms with E-state index in [0.717, 1.165) is 33.2 Å². The summed E-state index contributed by atoms with van der Waals surface area (Å²) in [5.74, 6) is 0. The summed E-state index contributed by atoms with van der Waals surface area (Å²) in [6, 6.07) is 61.7. The highest BCUT2D eigenvalue weighted by atomic mass is 14.7.